The predicted molar refractivity (Wildman–Crippen MR) is 277 cm³/mol. The predicted octanol–water partition coefficient (Wildman–Crippen LogP) is -3.94. The lowest BCUT2D eigenvalue weighted by atomic mass is 10.0. The van der Waals surface area contributed by atoms with Crippen LogP contribution in [0.2, 0.25) is 0 Å². The van der Waals surface area contributed by atoms with E-state index in [1.54, 1.807) is 41.5 Å². The number of amides is 9. The van der Waals surface area contributed by atoms with Gasteiger partial charge in [-0.25, -0.2) is 9.78 Å². The number of hydrogen-bond donors (Lipinski definition) is 15. The molecule has 1 saturated heterocycles. The van der Waals surface area contributed by atoms with Gasteiger partial charge in [-0.05, 0) is 75.5 Å². The van der Waals surface area contributed by atoms with Crippen molar-refractivity contribution in [2.75, 3.05) is 19.7 Å². The number of H-pyrrole nitrogens is 1. The van der Waals surface area contributed by atoms with Crippen LogP contribution in [0.5, 0.6) is 0 Å². The quantitative estimate of drug-likeness (QED) is 0.0175. The third-order valence-electron chi connectivity index (χ3n) is 12.1. The molecule has 432 valence electrons. The average Bonchev–Trinajstić information content (AvgIpc) is 4.06. The Bertz CT molecular complexity index is 2200. The van der Waals surface area contributed by atoms with Gasteiger partial charge in [-0.15, -0.1) is 0 Å². The summed E-state index contributed by atoms with van der Waals surface area (Å²) >= 11 is 0. The standard InChI is InChI=1S/C48H81N15O14/c1-24(2)17-31(42(71)56-29(9-7-15-54-48(51)52)40(69)57-30(12-13-37(50)65)41(70)61-34(47(76)77)19-26(5)6)59-44(73)35(22-64)62-45(74)36-10-8-16-63(36)46(75)33(18-25(3)4)60-43(72)32(20-27-21-53-23-55-27)58-39(68)28(49)11-14-38(66)67/h21,23-26,28-36,64H,7-20,22,49H2,1-6H3,(H2,50,65)(H,53,55)(H,56,71)(H,57,69)(H,58,68)(H,59,73)(H,60,72)(H,61,70)(H,62,74)(H,66,67)(H,76,77)(H4,51,52,54)/t28-,29-,30-,31-,32-,33-,34-,35-,36-/m0/s1. The first kappa shape index (κ1) is 65.7. The van der Waals surface area contributed by atoms with Crippen LogP contribution in [0.1, 0.15) is 118 Å². The van der Waals surface area contributed by atoms with Crippen LogP contribution in [0.3, 0.4) is 0 Å². The fourth-order valence-corrected chi connectivity index (χ4v) is 8.26. The van der Waals surface area contributed by atoms with Gasteiger partial charge in [0.2, 0.25) is 53.2 Å². The Morgan fingerprint density at radius 3 is 1.70 bits per heavy atom. The summed E-state index contributed by atoms with van der Waals surface area (Å²) in [5, 5.41) is 46.9. The highest BCUT2D eigenvalue weighted by Crippen LogP contribution is 2.21. The number of aliphatic hydroxyl groups excluding tert-OH is 1. The summed E-state index contributed by atoms with van der Waals surface area (Å²) < 4.78 is 0. The van der Waals surface area contributed by atoms with Crippen LogP contribution in [0.4, 0.5) is 0 Å². The Hall–Kier alpha value is -7.43. The molecule has 1 aromatic heterocycles. The van der Waals surface area contributed by atoms with Crippen LogP contribution in [-0.2, 0) is 59.2 Å². The van der Waals surface area contributed by atoms with Crippen LogP contribution in [0.25, 0.3) is 0 Å². The molecule has 9 amide bonds. The van der Waals surface area contributed by atoms with Crippen molar-refractivity contribution in [1.29, 1.82) is 0 Å². The minimum atomic E-state index is -1.67. The summed E-state index contributed by atoms with van der Waals surface area (Å²) in [6.45, 7) is 9.66. The van der Waals surface area contributed by atoms with E-state index >= 15 is 0 Å². The molecule has 29 nitrogen and oxygen atoms in total. The summed E-state index contributed by atoms with van der Waals surface area (Å²) in [4.78, 5) is 157. The number of carbonyl (C=O) groups excluding carboxylic acids is 9. The van der Waals surface area contributed by atoms with Gasteiger partial charge < -0.3 is 85.4 Å². The largest absolute Gasteiger partial charge is 0.481 e. The molecule has 19 N–H and O–H groups in total. The highest BCUT2D eigenvalue weighted by atomic mass is 16.4. The molecule has 0 saturated carbocycles. The SMILES string of the molecule is CC(C)C[C@H](NC(=O)[C@H](CCC(N)=O)NC(=O)[C@H](CCCN=C(N)N)NC(=O)[C@H](CC(C)C)NC(=O)[C@H](CO)NC(=O)[C@@H]1CCCN1C(=O)[C@H](CC(C)C)NC(=O)[C@H](Cc1cnc[nH]1)NC(=O)[C@@H](N)CCC(=O)O)C(=O)O. The monoisotopic (exact) mass is 1090 g/mol. The number of carbonyl (C=O) groups is 11. The Kier molecular flexibility index (Phi) is 28.1. The molecule has 0 radical (unpaired) electrons. The number of nitrogens with two attached hydrogens (primary N) is 4. The lowest BCUT2D eigenvalue weighted by Crippen LogP contribution is -2.61. The molecule has 2 rings (SSSR count). The molecular weight excluding hydrogens is 1010 g/mol. The van der Waals surface area contributed by atoms with Crippen LogP contribution in [0, 0.1) is 17.8 Å². The summed E-state index contributed by atoms with van der Waals surface area (Å²) in [5.74, 6) is -11.0. The molecule has 0 aromatic carbocycles. The number of aromatic amines is 1. The van der Waals surface area contributed by atoms with Gasteiger partial charge in [-0.2, -0.15) is 0 Å². The van der Waals surface area contributed by atoms with Crippen molar-refractivity contribution in [3.05, 3.63) is 18.2 Å². The minimum Gasteiger partial charge on any atom is -0.481 e. The van der Waals surface area contributed by atoms with E-state index in [1.807, 2.05) is 0 Å². The number of primary amides is 1. The smallest absolute Gasteiger partial charge is 0.326 e. The normalized spacial score (nSPS) is 16.4. The third kappa shape index (κ3) is 24.0. The van der Waals surface area contributed by atoms with Crippen LogP contribution in [-0.4, -0.2) is 175 Å². The van der Waals surface area contributed by atoms with Crippen molar-refractivity contribution < 1.29 is 68.1 Å². The minimum absolute atomic E-state index is 0.00530. The summed E-state index contributed by atoms with van der Waals surface area (Å²) in [6.07, 6.45) is 1.88. The van der Waals surface area contributed by atoms with Crippen LogP contribution in [0.15, 0.2) is 17.5 Å². The maximum Gasteiger partial charge on any atom is 0.326 e. The highest BCUT2D eigenvalue weighted by Gasteiger charge is 2.41. The maximum absolute atomic E-state index is 14.3. The Morgan fingerprint density at radius 1 is 0.662 bits per heavy atom. The summed E-state index contributed by atoms with van der Waals surface area (Å²) in [7, 11) is 0. The van der Waals surface area contributed by atoms with Crippen molar-refractivity contribution in [3.8, 4) is 0 Å². The van der Waals surface area contributed by atoms with Gasteiger partial charge in [-0.1, -0.05) is 41.5 Å². The summed E-state index contributed by atoms with van der Waals surface area (Å²) in [6, 6.07) is -12.3. The van der Waals surface area contributed by atoms with Crippen LogP contribution < -0.4 is 60.2 Å². The fraction of sp³-hybridized carbons (Fsp3) is 0.688. The molecule has 29 heteroatoms. The number of carboxylic acids is 2. The number of rotatable bonds is 35. The van der Waals surface area contributed by atoms with Gasteiger partial charge >= 0.3 is 11.9 Å². The first-order valence-corrected chi connectivity index (χ1v) is 25.7. The molecule has 1 aliphatic heterocycles. The van der Waals surface area contributed by atoms with E-state index in [0.29, 0.717) is 12.1 Å². The number of aliphatic imine (C=N–C) groups is 1. The van der Waals surface area contributed by atoms with E-state index in [2.05, 4.69) is 52.2 Å². The van der Waals surface area contributed by atoms with Crippen molar-refractivity contribution >= 4 is 71.1 Å². The zero-order valence-corrected chi connectivity index (χ0v) is 44.7. The van der Waals surface area contributed by atoms with Crippen molar-refractivity contribution in [2.45, 2.75) is 173 Å². The van der Waals surface area contributed by atoms with Gasteiger partial charge in [0, 0.05) is 44.2 Å². The Labute approximate surface area is 446 Å². The Morgan fingerprint density at radius 2 is 1.17 bits per heavy atom. The number of guanidine groups is 1. The summed E-state index contributed by atoms with van der Waals surface area (Å²) in [5.41, 5.74) is 22.6. The second-order valence-electron chi connectivity index (χ2n) is 20.3. The topological polar surface area (TPSA) is 481 Å². The molecule has 0 unspecified atom stereocenters. The molecule has 0 spiro atoms. The van der Waals surface area contributed by atoms with E-state index < -0.39 is 133 Å². The molecule has 77 heavy (non-hydrogen) atoms. The first-order chi connectivity index (χ1) is 36.1. The first-order valence-electron chi connectivity index (χ1n) is 25.7. The zero-order chi connectivity index (χ0) is 58.1. The number of aliphatic hydroxyl groups is 1. The van der Waals surface area contributed by atoms with Gasteiger partial charge in [0.25, 0.3) is 0 Å². The molecular formula is C48H81N15O14. The van der Waals surface area contributed by atoms with Crippen molar-refractivity contribution in [1.82, 2.24) is 52.1 Å². The lowest BCUT2D eigenvalue weighted by Gasteiger charge is -2.31. The van der Waals surface area contributed by atoms with Gasteiger partial charge in [0.05, 0.1) is 19.0 Å². The average molecular weight is 1090 g/mol. The van der Waals surface area contributed by atoms with E-state index in [9.17, 15) is 63.0 Å². The molecule has 0 bridgehead atoms. The van der Waals surface area contributed by atoms with Gasteiger partial charge in [-0.3, -0.25) is 52.9 Å². The van der Waals surface area contributed by atoms with Gasteiger partial charge in [0.1, 0.15) is 48.3 Å². The highest BCUT2D eigenvalue weighted by molar-refractivity contribution is 5.98. The van der Waals surface area contributed by atoms with E-state index in [1.165, 1.54) is 17.4 Å². The van der Waals surface area contributed by atoms with E-state index in [0.717, 1.165) is 0 Å². The number of likely N-dealkylation sites (tertiary alicyclic amines) is 1. The van der Waals surface area contributed by atoms with Crippen molar-refractivity contribution in [3.63, 3.8) is 0 Å². The molecule has 1 aliphatic rings. The number of aromatic nitrogens is 2. The van der Waals surface area contributed by atoms with E-state index in [-0.39, 0.29) is 101 Å². The van der Waals surface area contributed by atoms with E-state index in [4.69, 9.17) is 28.0 Å². The Balaban J connectivity index is 2.35. The third-order valence-corrected chi connectivity index (χ3v) is 12.1. The molecule has 1 aromatic rings. The molecule has 2 heterocycles. The lowest BCUT2D eigenvalue weighted by molar-refractivity contribution is -0.143. The maximum atomic E-state index is 14.3. The fourth-order valence-electron chi connectivity index (χ4n) is 8.26. The number of nitrogens with zero attached hydrogens (tertiary/aromatic N) is 3. The number of carboxylic acid groups (broad SMARTS) is 2. The second-order valence-corrected chi connectivity index (χ2v) is 20.3. The number of imidazole rings is 1. The molecule has 9 atom stereocenters. The zero-order valence-electron chi connectivity index (χ0n) is 44.7. The second kappa shape index (κ2) is 32.9. The van der Waals surface area contributed by atoms with Crippen LogP contribution >= 0.6 is 0 Å². The number of hydrogen-bond acceptors (Lipinski definition) is 15. The number of aliphatic carboxylic acids is 2. The molecule has 0 aliphatic carbocycles. The van der Waals surface area contributed by atoms with Gasteiger partial charge in [0.15, 0.2) is 5.96 Å². The van der Waals surface area contributed by atoms with Crippen molar-refractivity contribution in [2.24, 2.45) is 45.7 Å². The molecule has 1 fully saturated rings. The number of nitrogens with one attached hydrogen (secondary N) is 8.